The highest BCUT2D eigenvalue weighted by Crippen LogP contribution is 2.34. The van der Waals surface area contributed by atoms with Gasteiger partial charge in [-0.1, -0.05) is 0 Å². The van der Waals surface area contributed by atoms with Gasteiger partial charge < -0.3 is 25.1 Å². The highest BCUT2D eigenvalue weighted by Gasteiger charge is 2.18. The van der Waals surface area contributed by atoms with Gasteiger partial charge in [0.15, 0.2) is 0 Å². The summed E-state index contributed by atoms with van der Waals surface area (Å²) >= 11 is 0. The minimum Gasteiger partial charge on any atom is -0.496 e. The van der Waals surface area contributed by atoms with Gasteiger partial charge in [0.2, 0.25) is 0 Å². The SMILES string of the molecule is COCc1cc(OC)c(C(N)CO)c(OC)c1. The first-order chi connectivity index (χ1) is 8.17. The van der Waals surface area contributed by atoms with Crippen molar-refractivity contribution in [1.29, 1.82) is 0 Å². The summed E-state index contributed by atoms with van der Waals surface area (Å²) in [5, 5.41) is 9.14. The second kappa shape index (κ2) is 6.44. The lowest BCUT2D eigenvalue weighted by atomic mass is 10.0. The summed E-state index contributed by atoms with van der Waals surface area (Å²) < 4.78 is 15.6. The van der Waals surface area contributed by atoms with E-state index in [1.165, 1.54) is 0 Å². The van der Waals surface area contributed by atoms with Crippen molar-refractivity contribution in [1.82, 2.24) is 0 Å². The van der Waals surface area contributed by atoms with Crippen LogP contribution in [-0.2, 0) is 11.3 Å². The summed E-state index contributed by atoms with van der Waals surface area (Å²) in [7, 11) is 4.73. The number of rotatable bonds is 6. The second-order valence-electron chi connectivity index (χ2n) is 3.64. The van der Waals surface area contributed by atoms with Crippen molar-refractivity contribution < 1.29 is 19.3 Å². The van der Waals surface area contributed by atoms with Gasteiger partial charge in [0.1, 0.15) is 11.5 Å². The van der Waals surface area contributed by atoms with Gasteiger partial charge in [-0.2, -0.15) is 0 Å². The van der Waals surface area contributed by atoms with E-state index in [9.17, 15) is 0 Å². The number of aliphatic hydroxyl groups excluding tert-OH is 1. The maximum atomic E-state index is 9.14. The zero-order valence-corrected chi connectivity index (χ0v) is 10.4. The van der Waals surface area contributed by atoms with Gasteiger partial charge in [0.25, 0.3) is 0 Å². The van der Waals surface area contributed by atoms with E-state index in [0.717, 1.165) is 5.56 Å². The fraction of sp³-hybridized carbons (Fsp3) is 0.500. The summed E-state index contributed by atoms with van der Waals surface area (Å²) in [4.78, 5) is 0. The first-order valence-electron chi connectivity index (χ1n) is 5.28. The standard InChI is InChI=1S/C12H19NO4/c1-15-7-8-4-10(16-2)12(9(13)6-14)11(5-8)17-3/h4-5,9,14H,6-7,13H2,1-3H3. The first kappa shape index (κ1) is 13.8. The van der Waals surface area contributed by atoms with Gasteiger partial charge >= 0.3 is 0 Å². The van der Waals surface area contributed by atoms with Crippen molar-refractivity contribution >= 4 is 0 Å². The van der Waals surface area contributed by atoms with E-state index >= 15 is 0 Å². The Labute approximate surface area is 101 Å². The molecule has 0 saturated heterocycles. The number of benzene rings is 1. The molecule has 0 heterocycles. The van der Waals surface area contributed by atoms with Crippen molar-refractivity contribution in [2.45, 2.75) is 12.6 Å². The average Bonchev–Trinajstić information content (AvgIpc) is 2.37. The molecule has 17 heavy (non-hydrogen) atoms. The first-order valence-corrected chi connectivity index (χ1v) is 5.28. The summed E-state index contributed by atoms with van der Waals surface area (Å²) in [5.41, 5.74) is 7.42. The van der Waals surface area contributed by atoms with Crippen molar-refractivity contribution in [2.75, 3.05) is 27.9 Å². The maximum absolute atomic E-state index is 9.14. The molecule has 1 atom stereocenters. The molecule has 5 nitrogen and oxygen atoms in total. The van der Waals surface area contributed by atoms with Crippen molar-refractivity contribution in [3.8, 4) is 11.5 Å². The monoisotopic (exact) mass is 241 g/mol. The third-order valence-corrected chi connectivity index (χ3v) is 2.48. The van der Waals surface area contributed by atoms with E-state index in [4.69, 9.17) is 25.1 Å². The minimum absolute atomic E-state index is 0.170. The fourth-order valence-corrected chi connectivity index (χ4v) is 1.70. The van der Waals surface area contributed by atoms with Crippen LogP contribution in [0, 0.1) is 0 Å². The molecule has 0 aliphatic carbocycles. The Bertz CT molecular complexity index is 343. The molecule has 0 bridgehead atoms. The molecule has 0 radical (unpaired) electrons. The van der Waals surface area contributed by atoms with Crippen LogP contribution in [0.25, 0.3) is 0 Å². The quantitative estimate of drug-likeness (QED) is 0.772. The maximum Gasteiger partial charge on any atom is 0.127 e. The summed E-state index contributed by atoms with van der Waals surface area (Å²) in [6.07, 6.45) is 0. The van der Waals surface area contributed by atoms with E-state index in [-0.39, 0.29) is 6.61 Å². The zero-order valence-electron chi connectivity index (χ0n) is 10.4. The Hall–Kier alpha value is -1.30. The van der Waals surface area contributed by atoms with Crippen LogP contribution in [0.2, 0.25) is 0 Å². The molecule has 1 aromatic carbocycles. The fourth-order valence-electron chi connectivity index (χ4n) is 1.70. The number of aliphatic hydroxyl groups is 1. The minimum atomic E-state index is -0.531. The Morgan fingerprint density at radius 3 is 2.06 bits per heavy atom. The Morgan fingerprint density at radius 2 is 1.71 bits per heavy atom. The zero-order chi connectivity index (χ0) is 12.8. The van der Waals surface area contributed by atoms with Gasteiger partial charge in [0.05, 0.1) is 39.0 Å². The van der Waals surface area contributed by atoms with Crippen LogP contribution >= 0.6 is 0 Å². The van der Waals surface area contributed by atoms with E-state index in [1.54, 1.807) is 21.3 Å². The molecule has 0 fully saturated rings. The van der Waals surface area contributed by atoms with E-state index in [2.05, 4.69) is 0 Å². The van der Waals surface area contributed by atoms with E-state index in [1.807, 2.05) is 12.1 Å². The molecule has 0 aromatic heterocycles. The molecule has 1 rings (SSSR count). The van der Waals surface area contributed by atoms with Crippen LogP contribution in [0.15, 0.2) is 12.1 Å². The summed E-state index contributed by atoms with van der Waals surface area (Å²) in [6.45, 7) is 0.289. The van der Waals surface area contributed by atoms with Crippen molar-refractivity contribution in [2.24, 2.45) is 5.73 Å². The van der Waals surface area contributed by atoms with Crippen LogP contribution in [0.3, 0.4) is 0 Å². The molecule has 0 amide bonds. The lowest BCUT2D eigenvalue weighted by molar-refractivity contribution is 0.184. The number of nitrogens with two attached hydrogens (primary N) is 1. The predicted molar refractivity (Wildman–Crippen MR) is 64.3 cm³/mol. The number of hydrogen-bond donors (Lipinski definition) is 2. The normalized spacial score (nSPS) is 12.3. The van der Waals surface area contributed by atoms with Crippen LogP contribution in [0.1, 0.15) is 17.2 Å². The molecule has 1 unspecified atom stereocenters. The van der Waals surface area contributed by atoms with Gasteiger partial charge in [-0.15, -0.1) is 0 Å². The summed E-state index contributed by atoms with van der Waals surface area (Å²) in [5.74, 6) is 1.19. The molecule has 1 aromatic rings. The molecule has 0 saturated carbocycles. The highest BCUT2D eigenvalue weighted by molar-refractivity contribution is 5.49. The van der Waals surface area contributed by atoms with E-state index in [0.29, 0.717) is 23.7 Å². The van der Waals surface area contributed by atoms with Gasteiger partial charge in [-0.25, -0.2) is 0 Å². The van der Waals surface area contributed by atoms with Crippen LogP contribution < -0.4 is 15.2 Å². The molecular weight excluding hydrogens is 222 g/mol. The third kappa shape index (κ3) is 3.09. The summed E-state index contributed by atoms with van der Waals surface area (Å²) in [6, 6.07) is 3.13. The lowest BCUT2D eigenvalue weighted by Gasteiger charge is -2.18. The third-order valence-electron chi connectivity index (χ3n) is 2.48. The number of methoxy groups -OCH3 is 3. The molecule has 96 valence electrons. The van der Waals surface area contributed by atoms with Crippen LogP contribution in [0.4, 0.5) is 0 Å². The van der Waals surface area contributed by atoms with Gasteiger partial charge in [-0.05, 0) is 17.7 Å². The highest BCUT2D eigenvalue weighted by atomic mass is 16.5. The van der Waals surface area contributed by atoms with Crippen molar-refractivity contribution in [3.05, 3.63) is 23.3 Å². The Morgan fingerprint density at radius 1 is 1.18 bits per heavy atom. The smallest absolute Gasteiger partial charge is 0.127 e. The number of hydrogen-bond acceptors (Lipinski definition) is 5. The molecule has 0 spiro atoms. The van der Waals surface area contributed by atoms with Crippen LogP contribution in [0.5, 0.6) is 11.5 Å². The lowest BCUT2D eigenvalue weighted by Crippen LogP contribution is -2.17. The molecular formula is C12H19NO4. The van der Waals surface area contributed by atoms with E-state index < -0.39 is 6.04 Å². The second-order valence-corrected chi connectivity index (χ2v) is 3.64. The molecule has 3 N–H and O–H groups in total. The Kier molecular flexibility index (Phi) is 5.21. The van der Waals surface area contributed by atoms with Crippen molar-refractivity contribution in [3.63, 3.8) is 0 Å². The number of ether oxygens (including phenoxy) is 3. The average molecular weight is 241 g/mol. The predicted octanol–water partition coefficient (Wildman–Crippen LogP) is 0.842. The van der Waals surface area contributed by atoms with Crippen LogP contribution in [-0.4, -0.2) is 33.0 Å². The molecule has 5 heteroatoms. The van der Waals surface area contributed by atoms with Gasteiger partial charge in [0, 0.05) is 7.11 Å². The molecule has 0 aliphatic heterocycles. The Balaban J connectivity index is 3.25. The van der Waals surface area contributed by atoms with Gasteiger partial charge in [-0.3, -0.25) is 0 Å². The topological polar surface area (TPSA) is 73.9 Å². The molecule has 0 aliphatic rings. The largest absolute Gasteiger partial charge is 0.496 e.